The fraction of sp³-hybridized carbons (Fsp3) is 0.750. The number of aliphatic hydroxyl groups excluding tert-OH is 1. The van der Waals surface area contributed by atoms with E-state index in [0.29, 0.717) is 12.4 Å². The van der Waals surface area contributed by atoms with Crippen LogP contribution in [0.1, 0.15) is 45.5 Å². The molecule has 92 valence electrons. The van der Waals surface area contributed by atoms with Crippen LogP contribution in [0.3, 0.4) is 0 Å². The van der Waals surface area contributed by atoms with E-state index >= 15 is 0 Å². The fourth-order valence-electron chi connectivity index (χ4n) is 1.85. The standard InChI is InChI=1S/C12H22N2O2/c1-4-7-10(16-6-3)11(15)12-13-8-9-14(12)5-2/h8-11,15H,4-7H2,1-3H3. The van der Waals surface area contributed by atoms with E-state index in [-0.39, 0.29) is 6.10 Å². The molecule has 2 unspecified atom stereocenters. The highest BCUT2D eigenvalue weighted by atomic mass is 16.5. The summed E-state index contributed by atoms with van der Waals surface area (Å²) in [5.74, 6) is 0.703. The van der Waals surface area contributed by atoms with E-state index < -0.39 is 6.10 Å². The van der Waals surface area contributed by atoms with E-state index in [1.807, 2.05) is 24.6 Å². The molecule has 0 aliphatic rings. The van der Waals surface area contributed by atoms with Crippen molar-refractivity contribution in [3.05, 3.63) is 18.2 Å². The molecule has 0 bridgehead atoms. The lowest BCUT2D eigenvalue weighted by Gasteiger charge is -2.22. The van der Waals surface area contributed by atoms with Crippen LogP contribution < -0.4 is 0 Å². The normalized spacial score (nSPS) is 15.0. The van der Waals surface area contributed by atoms with Gasteiger partial charge in [-0.3, -0.25) is 0 Å². The maximum Gasteiger partial charge on any atom is 0.140 e. The molecule has 0 aromatic carbocycles. The molecule has 4 heteroatoms. The summed E-state index contributed by atoms with van der Waals surface area (Å²) in [4.78, 5) is 4.21. The summed E-state index contributed by atoms with van der Waals surface area (Å²) in [6.45, 7) is 7.51. The summed E-state index contributed by atoms with van der Waals surface area (Å²) in [7, 11) is 0. The quantitative estimate of drug-likeness (QED) is 0.775. The summed E-state index contributed by atoms with van der Waals surface area (Å²) >= 11 is 0. The molecule has 0 saturated carbocycles. The average Bonchev–Trinajstić information content (AvgIpc) is 2.75. The second-order valence-electron chi connectivity index (χ2n) is 3.80. The Morgan fingerprint density at radius 1 is 1.44 bits per heavy atom. The van der Waals surface area contributed by atoms with Crippen molar-refractivity contribution in [3.8, 4) is 0 Å². The molecule has 1 aromatic heterocycles. The van der Waals surface area contributed by atoms with Crippen molar-refractivity contribution in [1.29, 1.82) is 0 Å². The predicted octanol–water partition coefficient (Wildman–Crippen LogP) is 2.14. The van der Waals surface area contributed by atoms with Crippen LogP contribution in [0.5, 0.6) is 0 Å². The highest BCUT2D eigenvalue weighted by Gasteiger charge is 2.24. The van der Waals surface area contributed by atoms with Gasteiger partial charge >= 0.3 is 0 Å². The van der Waals surface area contributed by atoms with E-state index in [0.717, 1.165) is 19.4 Å². The van der Waals surface area contributed by atoms with Gasteiger partial charge in [0.25, 0.3) is 0 Å². The van der Waals surface area contributed by atoms with Crippen molar-refractivity contribution in [2.75, 3.05) is 6.61 Å². The summed E-state index contributed by atoms with van der Waals surface area (Å²) in [6.07, 6.45) is 4.67. The molecular weight excluding hydrogens is 204 g/mol. The maximum absolute atomic E-state index is 10.2. The van der Waals surface area contributed by atoms with Crippen molar-refractivity contribution in [1.82, 2.24) is 9.55 Å². The van der Waals surface area contributed by atoms with Gasteiger partial charge in [-0.05, 0) is 20.3 Å². The number of aliphatic hydroxyl groups is 1. The van der Waals surface area contributed by atoms with E-state index in [4.69, 9.17) is 4.74 Å². The molecule has 16 heavy (non-hydrogen) atoms. The fourth-order valence-corrected chi connectivity index (χ4v) is 1.85. The highest BCUT2D eigenvalue weighted by molar-refractivity contribution is 4.99. The number of aromatic nitrogens is 2. The van der Waals surface area contributed by atoms with Gasteiger partial charge in [0.2, 0.25) is 0 Å². The molecule has 0 saturated heterocycles. The Kier molecular flexibility index (Phi) is 5.49. The van der Waals surface area contributed by atoms with Crippen LogP contribution in [-0.4, -0.2) is 27.4 Å². The molecule has 0 amide bonds. The second kappa shape index (κ2) is 6.66. The Morgan fingerprint density at radius 3 is 2.75 bits per heavy atom. The zero-order valence-electron chi connectivity index (χ0n) is 10.4. The predicted molar refractivity (Wildman–Crippen MR) is 63.2 cm³/mol. The van der Waals surface area contributed by atoms with Gasteiger partial charge < -0.3 is 14.4 Å². The number of imidazole rings is 1. The first-order chi connectivity index (χ1) is 7.74. The Morgan fingerprint density at radius 2 is 2.19 bits per heavy atom. The monoisotopic (exact) mass is 226 g/mol. The van der Waals surface area contributed by atoms with Gasteiger partial charge in [0.05, 0.1) is 6.10 Å². The largest absolute Gasteiger partial charge is 0.382 e. The average molecular weight is 226 g/mol. The lowest BCUT2D eigenvalue weighted by Crippen LogP contribution is -2.25. The second-order valence-corrected chi connectivity index (χ2v) is 3.80. The van der Waals surface area contributed by atoms with E-state index in [9.17, 15) is 5.11 Å². The molecule has 0 aliphatic heterocycles. The lowest BCUT2D eigenvalue weighted by molar-refractivity contribution is -0.0433. The Balaban J connectivity index is 2.76. The molecule has 0 aliphatic carbocycles. The molecule has 1 heterocycles. The van der Waals surface area contributed by atoms with Crippen LogP contribution >= 0.6 is 0 Å². The van der Waals surface area contributed by atoms with Crippen molar-refractivity contribution in [2.24, 2.45) is 0 Å². The molecule has 0 spiro atoms. The molecule has 1 aromatic rings. The maximum atomic E-state index is 10.2. The molecule has 1 N–H and O–H groups in total. The minimum absolute atomic E-state index is 0.150. The molecule has 1 rings (SSSR count). The molecule has 4 nitrogen and oxygen atoms in total. The highest BCUT2D eigenvalue weighted by Crippen LogP contribution is 2.21. The van der Waals surface area contributed by atoms with Gasteiger partial charge in [0.15, 0.2) is 0 Å². The third kappa shape index (κ3) is 3.06. The Bertz CT molecular complexity index is 293. The molecule has 0 fully saturated rings. The van der Waals surface area contributed by atoms with E-state index in [1.165, 1.54) is 0 Å². The summed E-state index contributed by atoms with van der Waals surface area (Å²) in [5.41, 5.74) is 0. The Labute approximate surface area is 97.3 Å². The van der Waals surface area contributed by atoms with Crippen molar-refractivity contribution < 1.29 is 9.84 Å². The van der Waals surface area contributed by atoms with Crippen LogP contribution in [0.25, 0.3) is 0 Å². The van der Waals surface area contributed by atoms with Gasteiger partial charge in [0.1, 0.15) is 11.9 Å². The summed E-state index contributed by atoms with van der Waals surface area (Å²) in [6, 6.07) is 0. The number of rotatable bonds is 7. The van der Waals surface area contributed by atoms with Gasteiger partial charge in [-0.1, -0.05) is 13.3 Å². The molecule has 0 radical (unpaired) electrons. The number of nitrogens with zero attached hydrogens (tertiary/aromatic N) is 2. The van der Waals surface area contributed by atoms with E-state index in [2.05, 4.69) is 11.9 Å². The number of hydrogen-bond donors (Lipinski definition) is 1. The minimum Gasteiger partial charge on any atom is -0.382 e. The number of ether oxygens (including phenoxy) is 1. The van der Waals surface area contributed by atoms with Gasteiger partial charge in [-0.15, -0.1) is 0 Å². The first-order valence-electron chi connectivity index (χ1n) is 6.05. The van der Waals surface area contributed by atoms with Crippen LogP contribution in [0.4, 0.5) is 0 Å². The van der Waals surface area contributed by atoms with Crippen molar-refractivity contribution in [3.63, 3.8) is 0 Å². The third-order valence-corrected chi connectivity index (χ3v) is 2.66. The number of aryl methyl sites for hydroxylation is 1. The van der Waals surface area contributed by atoms with Crippen LogP contribution in [0, 0.1) is 0 Å². The zero-order valence-corrected chi connectivity index (χ0v) is 10.4. The summed E-state index contributed by atoms with van der Waals surface area (Å²) in [5, 5.41) is 10.2. The van der Waals surface area contributed by atoms with Crippen LogP contribution in [0.15, 0.2) is 12.4 Å². The molecular formula is C12H22N2O2. The van der Waals surface area contributed by atoms with Crippen molar-refractivity contribution >= 4 is 0 Å². The number of hydrogen-bond acceptors (Lipinski definition) is 3. The topological polar surface area (TPSA) is 47.3 Å². The SMILES string of the molecule is CCCC(OCC)C(O)c1nccn1CC. The van der Waals surface area contributed by atoms with Gasteiger partial charge in [-0.25, -0.2) is 4.98 Å². The minimum atomic E-state index is -0.630. The van der Waals surface area contributed by atoms with Crippen LogP contribution in [0.2, 0.25) is 0 Å². The lowest BCUT2D eigenvalue weighted by atomic mass is 10.1. The van der Waals surface area contributed by atoms with Gasteiger partial charge in [-0.2, -0.15) is 0 Å². The van der Waals surface area contributed by atoms with Crippen molar-refractivity contribution in [2.45, 2.75) is 52.4 Å². The van der Waals surface area contributed by atoms with E-state index in [1.54, 1.807) is 6.20 Å². The third-order valence-electron chi connectivity index (χ3n) is 2.66. The Hall–Kier alpha value is -0.870. The first kappa shape index (κ1) is 13.2. The smallest absolute Gasteiger partial charge is 0.140 e. The zero-order chi connectivity index (χ0) is 12.0. The van der Waals surface area contributed by atoms with Gasteiger partial charge in [0, 0.05) is 25.5 Å². The summed E-state index contributed by atoms with van der Waals surface area (Å²) < 4.78 is 7.51. The molecule has 2 atom stereocenters. The van der Waals surface area contributed by atoms with Crippen LogP contribution in [-0.2, 0) is 11.3 Å². The first-order valence-corrected chi connectivity index (χ1v) is 6.05.